The molecule has 39 heavy (non-hydrogen) atoms. The summed E-state index contributed by atoms with van der Waals surface area (Å²) in [6, 6.07) is 12.6. The van der Waals surface area contributed by atoms with Gasteiger partial charge in [0, 0.05) is 51.3 Å². The van der Waals surface area contributed by atoms with Crippen molar-refractivity contribution in [1.82, 2.24) is 25.1 Å². The fourth-order valence-corrected chi connectivity index (χ4v) is 4.35. The number of rotatable bonds is 7. The first-order valence-corrected chi connectivity index (χ1v) is 12.7. The molecule has 1 aromatic carbocycles. The number of anilines is 1. The summed E-state index contributed by atoms with van der Waals surface area (Å²) in [7, 11) is 0. The van der Waals surface area contributed by atoms with Crippen LogP contribution in [0, 0.1) is 18.2 Å². The molecule has 0 aliphatic rings. The highest BCUT2D eigenvalue weighted by molar-refractivity contribution is 5.94. The number of halogens is 1. The molecule has 4 aromatic heterocycles. The number of H-pyrrole nitrogens is 2. The average molecular weight is 519 g/mol. The van der Waals surface area contributed by atoms with Crippen molar-refractivity contribution in [3.05, 3.63) is 115 Å². The minimum absolute atomic E-state index is 0.0768. The second kappa shape index (κ2) is 10.2. The Morgan fingerprint density at radius 1 is 1.03 bits per heavy atom. The lowest BCUT2D eigenvalue weighted by Crippen LogP contribution is -2.15. The number of fused-ring (bicyclic) bond motifs is 1. The third-order valence-electron chi connectivity index (χ3n) is 6.70. The number of aromatic amines is 2. The van der Waals surface area contributed by atoms with E-state index >= 15 is 0 Å². The summed E-state index contributed by atoms with van der Waals surface area (Å²) < 4.78 is 13.6. The number of benzene rings is 1. The first-order chi connectivity index (χ1) is 18.6. The number of aromatic nitrogens is 5. The minimum atomic E-state index is -0.272. The van der Waals surface area contributed by atoms with Crippen LogP contribution in [-0.2, 0) is 0 Å². The number of aryl methyl sites for hydroxylation is 1. The van der Waals surface area contributed by atoms with Crippen molar-refractivity contribution in [2.24, 2.45) is 5.41 Å². The van der Waals surface area contributed by atoms with Crippen molar-refractivity contribution in [3.63, 3.8) is 0 Å². The smallest absolute Gasteiger partial charge is 0.181 e. The Hall–Kier alpha value is -4.78. The topological polar surface area (TPSA) is 82.3 Å². The van der Waals surface area contributed by atoms with Gasteiger partial charge >= 0.3 is 0 Å². The average Bonchev–Trinajstić information content (AvgIpc) is 3.50. The van der Waals surface area contributed by atoms with Crippen molar-refractivity contribution in [3.8, 4) is 22.5 Å². The van der Waals surface area contributed by atoms with E-state index in [0.29, 0.717) is 5.65 Å². The van der Waals surface area contributed by atoms with Gasteiger partial charge in [-0.25, -0.2) is 9.37 Å². The first kappa shape index (κ1) is 25.9. The molecule has 0 radical (unpaired) electrons. The Labute approximate surface area is 227 Å². The summed E-state index contributed by atoms with van der Waals surface area (Å²) in [4.78, 5) is 12.5. The third kappa shape index (κ3) is 5.29. The maximum Gasteiger partial charge on any atom is 0.181 e. The lowest BCUT2D eigenvalue weighted by molar-refractivity contribution is 0.509. The van der Waals surface area contributed by atoms with Gasteiger partial charge in [0.1, 0.15) is 5.82 Å². The van der Waals surface area contributed by atoms with Gasteiger partial charge in [-0.3, -0.25) is 10.1 Å². The van der Waals surface area contributed by atoms with Crippen LogP contribution < -0.4 is 5.32 Å². The van der Waals surface area contributed by atoms with Crippen LogP contribution in [0.5, 0.6) is 0 Å². The van der Waals surface area contributed by atoms with Crippen molar-refractivity contribution in [2.45, 2.75) is 27.7 Å². The van der Waals surface area contributed by atoms with Gasteiger partial charge in [-0.05, 0) is 48.4 Å². The van der Waals surface area contributed by atoms with Crippen LogP contribution >= 0.6 is 0 Å². The molecule has 0 aliphatic heterocycles. The molecule has 0 bridgehead atoms. The number of hydrogen-bond acceptors (Lipinski definition) is 4. The molecule has 6 nitrogen and oxygen atoms in total. The predicted octanol–water partition coefficient (Wildman–Crippen LogP) is 8.05. The zero-order valence-corrected chi connectivity index (χ0v) is 22.6. The molecule has 0 amide bonds. The lowest BCUT2D eigenvalue weighted by Gasteiger charge is -2.23. The summed E-state index contributed by atoms with van der Waals surface area (Å²) in [5, 5.41) is 11.8. The normalized spacial score (nSPS) is 12.1. The Morgan fingerprint density at radius 3 is 2.49 bits per heavy atom. The van der Waals surface area contributed by atoms with Crippen LogP contribution in [0.15, 0.2) is 92.1 Å². The van der Waals surface area contributed by atoms with Gasteiger partial charge < -0.3 is 10.3 Å². The highest BCUT2D eigenvalue weighted by Crippen LogP contribution is 2.34. The van der Waals surface area contributed by atoms with E-state index in [9.17, 15) is 4.39 Å². The van der Waals surface area contributed by atoms with Crippen LogP contribution in [0.3, 0.4) is 0 Å². The van der Waals surface area contributed by atoms with E-state index in [4.69, 9.17) is 0 Å². The number of nitrogens with zero attached hydrogens (tertiary/aromatic N) is 3. The number of hydrogen-bond donors (Lipinski definition) is 3. The number of pyridine rings is 2. The SMILES string of the molecule is C=C/C=C(/c1ccc(F)cc1)c1cc(-c2[nH]nc3ncc(-c4cncc(NC(=C)C(C)(C)C)c4)cc23)[nH]c1C. The van der Waals surface area contributed by atoms with E-state index < -0.39 is 0 Å². The van der Waals surface area contributed by atoms with Crippen LogP contribution in [0.4, 0.5) is 10.1 Å². The van der Waals surface area contributed by atoms with E-state index in [-0.39, 0.29) is 11.2 Å². The largest absolute Gasteiger partial charge is 0.358 e. The standard InChI is InChI=1S/C32H31FN6/c1-7-8-26(21-9-11-24(33)12-10-21)27-15-29(36-19(27)2)30-28-14-23(17-35-31(28)39-38-30)22-13-25(18-34-16-22)37-20(3)32(4,5)6/h7-18,36-37H,1,3H2,2,4-6H3,(H,35,38,39)/b26-8-. The summed E-state index contributed by atoms with van der Waals surface area (Å²) in [5.41, 5.74) is 9.68. The van der Waals surface area contributed by atoms with Crippen LogP contribution in [0.1, 0.15) is 37.6 Å². The fraction of sp³-hybridized carbons (Fsp3) is 0.156. The zero-order chi connectivity index (χ0) is 27.7. The molecule has 3 N–H and O–H groups in total. The molecule has 5 aromatic rings. The predicted molar refractivity (Wildman–Crippen MR) is 158 cm³/mol. The summed E-state index contributed by atoms with van der Waals surface area (Å²) in [5.74, 6) is -0.272. The van der Waals surface area contributed by atoms with E-state index in [1.54, 1.807) is 30.6 Å². The lowest BCUT2D eigenvalue weighted by atomic mass is 9.93. The zero-order valence-electron chi connectivity index (χ0n) is 22.6. The molecule has 0 aliphatic carbocycles. The van der Waals surface area contributed by atoms with E-state index in [1.165, 1.54) is 12.1 Å². The van der Waals surface area contributed by atoms with Crippen molar-refractivity contribution >= 4 is 22.3 Å². The molecular formula is C32H31FN6. The summed E-state index contributed by atoms with van der Waals surface area (Å²) in [6.45, 7) is 16.4. The van der Waals surface area contributed by atoms with Gasteiger partial charge in [-0.1, -0.05) is 58.2 Å². The minimum Gasteiger partial charge on any atom is -0.358 e. The molecule has 0 saturated heterocycles. The molecule has 5 rings (SSSR count). The highest BCUT2D eigenvalue weighted by Gasteiger charge is 2.18. The second-order valence-corrected chi connectivity index (χ2v) is 10.6. The van der Waals surface area contributed by atoms with Gasteiger partial charge in [0.25, 0.3) is 0 Å². The summed E-state index contributed by atoms with van der Waals surface area (Å²) >= 11 is 0. The second-order valence-electron chi connectivity index (χ2n) is 10.6. The summed E-state index contributed by atoms with van der Waals surface area (Å²) in [6.07, 6.45) is 9.08. The fourth-order valence-electron chi connectivity index (χ4n) is 4.35. The molecular weight excluding hydrogens is 487 g/mol. The van der Waals surface area contributed by atoms with Gasteiger partial charge in [0.2, 0.25) is 0 Å². The Balaban J connectivity index is 1.52. The first-order valence-electron chi connectivity index (χ1n) is 12.7. The highest BCUT2D eigenvalue weighted by atomic mass is 19.1. The third-order valence-corrected chi connectivity index (χ3v) is 6.70. The Kier molecular flexibility index (Phi) is 6.74. The molecule has 0 fully saturated rings. The molecule has 196 valence electrons. The van der Waals surface area contributed by atoms with Crippen LogP contribution in [0.25, 0.3) is 39.1 Å². The van der Waals surface area contributed by atoms with Gasteiger partial charge in [-0.2, -0.15) is 5.10 Å². The van der Waals surface area contributed by atoms with Gasteiger partial charge in [0.05, 0.1) is 23.3 Å². The number of nitrogens with one attached hydrogen (secondary N) is 3. The number of allylic oxidation sites excluding steroid dienone is 3. The van der Waals surface area contributed by atoms with Crippen LogP contribution in [-0.4, -0.2) is 25.1 Å². The van der Waals surface area contributed by atoms with Gasteiger partial charge in [0.15, 0.2) is 5.65 Å². The van der Waals surface area contributed by atoms with E-state index in [1.807, 2.05) is 25.3 Å². The Bertz CT molecular complexity index is 1710. The Morgan fingerprint density at radius 2 is 1.77 bits per heavy atom. The molecule has 0 unspecified atom stereocenters. The quantitative estimate of drug-likeness (QED) is 0.190. The van der Waals surface area contributed by atoms with Crippen molar-refractivity contribution in [1.29, 1.82) is 0 Å². The maximum atomic E-state index is 13.6. The van der Waals surface area contributed by atoms with Crippen molar-refractivity contribution in [2.75, 3.05) is 5.32 Å². The molecule has 0 saturated carbocycles. The molecule has 0 atom stereocenters. The maximum absolute atomic E-state index is 13.6. The molecule has 7 heteroatoms. The molecule has 4 heterocycles. The van der Waals surface area contributed by atoms with Gasteiger partial charge in [-0.15, -0.1) is 0 Å². The van der Waals surface area contributed by atoms with E-state index in [0.717, 1.165) is 61.7 Å². The van der Waals surface area contributed by atoms with Crippen LogP contribution in [0.2, 0.25) is 0 Å². The van der Waals surface area contributed by atoms with Crippen molar-refractivity contribution < 1.29 is 4.39 Å². The van der Waals surface area contributed by atoms with E-state index in [2.05, 4.69) is 76.5 Å². The monoisotopic (exact) mass is 518 g/mol. The molecule has 0 spiro atoms.